The van der Waals surface area contributed by atoms with Crippen LogP contribution in [0.3, 0.4) is 0 Å². The van der Waals surface area contributed by atoms with E-state index in [1.807, 2.05) is 30.3 Å². The summed E-state index contributed by atoms with van der Waals surface area (Å²) in [6, 6.07) is 13.7. The average Bonchev–Trinajstić information content (AvgIpc) is 3.24. The number of amides is 5. The predicted octanol–water partition coefficient (Wildman–Crippen LogP) is 1.87. The molecule has 3 aromatic carbocycles. The second kappa shape index (κ2) is 20.2. The van der Waals surface area contributed by atoms with Gasteiger partial charge in [0.1, 0.15) is 60.2 Å². The number of nitrogens with zero attached hydrogens (tertiary/aromatic N) is 4. The molecular formula is C45H55N11O7. The molecule has 18 nitrogen and oxygen atoms in total. The molecule has 5 rings (SSSR count). The van der Waals surface area contributed by atoms with Gasteiger partial charge in [0.25, 0.3) is 5.91 Å². The molecule has 0 fully saturated rings. The minimum Gasteiger partial charge on any atom is -0.507 e. The highest BCUT2D eigenvalue weighted by atomic mass is 16.5. The van der Waals surface area contributed by atoms with Crippen molar-refractivity contribution in [3.63, 3.8) is 0 Å². The summed E-state index contributed by atoms with van der Waals surface area (Å²) in [5.74, 6) is -3.32. The quantitative estimate of drug-likeness (QED) is 0.0946. The largest absolute Gasteiger partial charge is 0.507 e. The lowest BCUT2D eigenvalue weighted by Crippen LogP contribution is -2.56. The number of aryl methyl sites for hydroxylation is 1. The number of nitrogens with one attached hydrogen (secondary N) is 4. The van der Waals surface area contributed by atoms with E-state index in [1.54, 1.807) is 37.3 Å². The first-order valence-corrected chi connectivity index (χ1v) is 20.5. The van der Waals surface area contributed by atoms with Gasteiger partial charge >= 0.3 is 0 Å². The van der Waals surface area contributed by atoms with E-state index in [-0.39, 0.29) is 78.4 Å². The van der Waals surface area contributed by atoms with Crippen LogP contribution < -0.4 is 43.2 Å². The molecule has 1 aliphatic rings. The number of carbonyl (C=O) groups is 5. The van der Waals surface area contributed by atoms with E-state index in [1.165, 1.54) is 20.0 Å². The Morgan fingerprint density at radius 3 is 2.35 bits per heavy atom. The molecule has 2 heterocycles. The molecule has 332 valence electrons. The number of aromatic hydroxyl groups is 1. The zero-order valence-electron chi connectivity index (χ0n) is 36.2. The van der Waals surface area contributed by atoms with Crippen molar-refractivity contribution in [1.29, 1.82) is 5.26 Å². The van der Waals surface area contributed by atoms with E-state index in [2.05, 4.69) is 52.0 Å². The minimum absolute atomic E-state index is 0.0386. The number of hydrogen-bond donors (Lipinski definition) is 8. The number of hydrogen-bond acceptors (Lipinski definition) is 13. The Bertz CT molecular complexity index is 2390. The highest BCUT2D eigenvalue weighted by molar-refractivity contribution is 6.02. The molecule has 1 aromatic heterocycles. The van der Waals surface area contributed by atoms with Crippen LogP contribution in [-0.4, -0.2) is 101 Å². The van der Waals surface area contributed by atoms with Gasteiger partial charge in [-0.3, -0.25) is 24.0 Å². The van der Waals surface area contributed by atoms with Crippen LogP contribution in [0.5, 0.6) is 11.5 Å². The van der Waals surface area contributed by atoms with Gasteiger partial charge in [0.2, 0.25) is 23.6 Å². The zero-order valence-corrected chi connectivity index (χ0v) is 36.2. The topological polar surface area (TPSA) is 294 Å². The third kappa shape index (κ3) is 11.1. The fourth-order valence-electron chi connectivity index (χ4n) is 7.20. The summed E-state index contributed by atoms with van der Waals surface area (Å²) >= 11 is 0. The number of benzene rings is 3. The van der Waals surface area contributed by atoms with E-state index in [4.69, 9.17) is 27.2 Å². The molecule has 1 unspecified atom stereocenters. The summed E-state index contributed by atoms with van der Waals surface area (Å²) in [7, 11) is 1.37. The van der Waals surface area contributed by atoms with Crippen molar-refractivity contribution in [2.24, 2.45) is 11.5 Å². The van der Waals surface area contributed by atoms with Crippen molar-refractivity contribution < 1.29 is 33.8 Å². The first-order chi connectivity index (χ1) is 29.9. The number of ether oxygens (including phenoxy) is 1. The third-order valence-corrected chi connectivity index (χ3v) is 10.6. The van der Waals surface area contributed by atoms with E-state index >= 15 is 0 Å². The Morgan fingerprint density at radius 2 is 1.71 bits per heavy atom. The van der Waals surface area contributed by atoms with Gasteiger partial charge in [-0.15, -0.1) is 0 Å². The lowest BCUT2D eigenvalue weighted by atomic mass is 9.86. The number of likely N-dealkylation sites (N-methyl/N-ethyl adjacent to an activating group) is 1. The fraction of sp³-hybridized carbons (Fsp3) is 0.378. The molecule has 1 aliphatic heterocycles. The molecule has 0 spiro atoms. The Kier molecular flexibility index (Phi) is 15.0. The van der Waals surface area contributed by atoms with Crippen molar-refractivity contribution in [2.45, 2.75) is 77.0 Å². The maximum absolute atomic E-state index is 14.6. The monoisotopic (exact) mass is 861 g/mol. The van der Waals surface area contributed by atoms with Crippen LogP contribution >= 0.6 is 0 Å². The predicted molar refractivity (Wildman–Crippen MR) is 236 cm³/mol. The number of anilines is 1. The molecule has 4 atom stereocenters. The molecule has 0 aliphatic carbocycles. The van der Waals surface area contributed by atoms with Gasteiger partial charge in [-0.2, -0.15) is 5.26 Å². The fourth-order valence-corrected chi connectivity index (χ4v) is 7.20. The second-order valence-corrected chi connectivity index (χ2v) is 16.3. The number of phenolic OH excluding ortho intramolecular Hbond substituents is 1. The summed E-state index contributed by atoms with van der Waals surface area (Å²) in [5.41, 5.74) is 21.4. The van der Waals surface area contributed by atoms with Crippen molar-refractivity contribution in [3.8, 4) is 40.1 Å². The maximum atomic E-state index is 14.6. The highest BCUT2D eigenvalue weighted by Gasteiger charge is 2.36. The molecule has 63 heavy (non-hydrogen) atoms. The Hall–Kier alpha value is -7.10. The maximum Gasteiger partial charge on any atom is 0.257 e. The summed E-state index contributed by atoms with van der Waals surface area (Å²) < 4.78 is 5.97. The lowest BCUT2D eigenvalue weighted by Gasteiger charge is -2.32. The summed E-state index contributed by atoms with van der Waals surface area (Å²) in [6.45, 7) is 9.23. The number of nitrogens with two attached hydrogens (primary N) is 3. The van der Waals surface area contributed by atoms with Crippen molar-refractivity contribution in [2.75, 3.05) is 39.0 Å². The number of phenols is 1. The third-order valence-electron chi connectivity index (χ3n) is 10.6. The van der Waals surface area contributed by atoms with Crippen molar-refractivity contribution >= 4 is 35.4 Å². The first-order valence-electron chi connectivity index (χ1n) is 20.5. The zero-order chi connectivity index (χ0) is 46.2. The number of aromatic nitrogens is 2. The van der Waals surface area contributed by atoms with E-state index in [9.17, 15) is 29.1 Å². The Balaban J connectivity index is 1.53. The molecular weight excluding hydrogens is 807 g/mol. The van der Waals surface area contributed by atoms with Crippen LogP contribution in [-0.2, 0) is 31.0 Å². The van der Waals surface area contributed by atoms with Crippen LogP contribution in [0.15, 0.2) is 60.7 Å². The van der Waals surface area contributed by atoms with Gasteiger partial charge in [0.05, 0.1) is 11.8 Å². The second-order valence-electron chi connectivity index (χ2n) is 16.3. The van der Waals surface area contributed by atoms with Crippen LogP contribution in [0.2, 0.25) is 0 Å². The van der Waals surface area contributed by atoms with Gasteiger partial charge in [-0.1, -0.05) is 57.2 Å². The van der Waals surface area contributed by atoms with Crippen LogP contribution in [0.4, 0.5) is 5.82 Å². The molecule has 5 amide bonds. The molecule has 4 bridgehead atoms. The van der Waals surface area contributed by atoms with Crippen LogP contribution in [0.25, 0.3) is 22.5 Å². The molecule has 0 saturated heterocycles. The van der Waals surface area contributed by atoms with Gasteiger partial charge in [-0.25, -0.2) is 9.97 Å². The number of nitriles is 1. The Morgan fingerprint density at radius 1 is 1.00 bits per heavy atom. The summed E-state index contributed by atoms with van der Waals surface area (Å²) in [5, 5.41) is 30.8. The van der Waals surface area contributed by atoms with Gasteiger partial charge < -0.3 is 53.2 Å². The van der Waals surface area contributed by atoms with Crippen LogP contribution in [0.1, 0.15) is 72.9 Å². The number of carbonyl (C=O) groups excluding carboxylic acids is 5. The average molecular weight is 862 g/mol. The smallest absolute Gasteiger partial charge is 0.257 e. The lowest BCUT2D eigenvalue weighted by molar-refractivity contribution is -0.141. The van der Waals surface area contributed by atoms with Crippen molar-refractivity contribution in [1.82, 2.24) is 36.1 Å². The molecule has 4 aromatic rings. The molecule has 18 heteroatoms. The van der Waals surface area contributed by atoms with Crippen molar-refractivity contribution in [3.05, 3.63) is 88.6 Å². The van der Waals surface area contributed by atoms with Gasteiger partial charge in [0.15, 0.2) is 5.82 Å². The van der Waals surface area contributed by atoms with Gasteiger partial charge in [0, 0.05) is 36.7 Å². The summed E-state index contributed by atoms with van der Waals surface area (Å²) in [4.78, 5) is 79.8. The number of nitrogen functional groups attached to an aromatic ring is 1. The molecule has 0 radical (unpaired) electrons. The van der Waals surface area contributed by atoms with E-state index in [0.717, 1.165) is 10.5 Å². The number of rotatable bonds is 12. The SMILES string of the molecule is Cc1nc(-c2ccc(C(C)(C)C)cc2)nc(N)c1C(=O)NC(CCN)C(=O)N(C)[C@@H]1C(=O)N[C@@H](C)C(=O)N[C@H](C(=O)NCC#N)Cc2ccc(O)c(c2)-c2cc1ccc2OCCN. The van der Waals surface area contributed by atoms with Crippen LogP contribution in [0, 0.1) is 18.3 Å². The molecule has 0 saturated carbocycles. The normalized spacial score (nSPS) is 16.9. The van der Waals surface area contributed by atoms with E-state index in [0.29, 0.717) is 28.3 Å². The Labute approximate surface area is 366 Å². The summed E-state index contributed by atoms with van der Waals surface area (Å²) in [6.07, 6.45) is -0.0935. The van der Waals surface area contributed by atoms with E-state index < -0.39 is 53.7 Å². The standard InChI is InChI=1S/C45H55N11O7/c1-24-36(38(49)55-39(51-24)27-8-11-29(12-9-27)45(3,4)5)42(60)53-32(15-16-46)44(62)56(6)37-28-10-14-35(63-20-18-48)31(23-28)30-21-26(7-13-34(30)57)22-33(41(59)50-19-17-47)54-40(58)25(2)52-43(37)61/h7-14,21,23,25,32-33,37,57H,15-16,18-20,22,46,48H2,1-6H3,(H,50,59)(H,52,61)(H,53,60)(H,54,58)(H2,49,51,55)/t25-,32?,33-,37-/m0/s1. The minimum atomic E-state index is -1.45. The van der Waals surface area contributed by atoms with Gasteiger partial charge in [-0.05, 0) is 73.2 Å². The molecule has 11 N–H and O–H groups in total. The first kappa shape index (κ1) is 47.0. The highest BCUT2D eigenvalue weighted by Crippen LogP contribution is 2.39. The number of fused-ring (bicyclic) bond motifs is 5.